The van der Waals surface area contributed by atoms with Crippen molar-refractivity contribution < 1.29 is 24.1 Å². The Hall–Kier alpha value is -2.97. The highest BCUT2D eigenvalue weighted by molar-refractivity contribution is 5.80. The molecule has 3 atom stereocenters. The number of rotatable bonds is 7. The van der Waals surface area contributed by atoms with Gasteiger partial charge in [0.25, 0.3) is 0 Å². The number of carbonyl (C=O) groups is 1. The summed E-state index contributed by atoms with van der Waals surface area (Å²) >= 11 is 0. The first-order valence-corrected chi connectivity index (χ1v) is 12.2. The summed E-state index contributed by atoms with van der Waals surface area (Å²) in [5, 5.41) is 9.82. The summed E-state index contributed by atoms with van der Waals surface area (Å²) in [6.45, 7) is 6.13. The third-order valence-electron chi connectivity index (χ3n) is 6.80. The lowest BCUT2D eigenvalue weighted by Crippen LogP contribution is -2.47. The van der Waals surface area contributed by atoms with E-state index in [1.165, 1.54) is 0 Å². The second kappa shape index (κ2) is 10.7. The molecular formula is C27H37N3O5. The van der Waals surface area contributed by atoms with Crippen LogP contribution in [0.3, 0.4) is 0 Å². The minimum Gasteiger partial charge on any atom is -0.488 e. The van der Waals surface area contributed by atoms with Gasteiger partial charge in [-0.2, -0.15) is 0 Å². The zero-order valence-electron chi connectivity index (χ0n) is 21.4. The smallest absolute Gasteiger partial charge is 0.231 e. The van der Waals surface area contributed by atoms with E-state index in [1.807, 2.05) is 56.3 Å². The maximum Gasteiger partial charge on any atom is 0.231 e. The molecule has 0 bridgehead atoms. The number of hydrogen-bond donors (Lipinski definition) is 1. The maximum atomic E-state index is 13.3. The van der Waals surface area contributed by atoms with Crippen LogP contribution in [0.2, 0.25) is 0 Å². The molecule has 0 unspecified atom stereocenters. The number of hydrogen-bond acceptors (Lipinski definition) is 7. The summed E-state index contributed by atoms with van der Waals surface area (Å²) in [6.07, 6.45) is 0.102. The summed E-state index contributed by atoms with van der Waals surface area (Å²) in [4.78, 5) is 19.3. The summed E-state index contributed by atoms with van der Waals surface area (Å²) in [6, 6.07) is 11.8. The van der Waals surface area contributed by atoms with Crippen molar-refractivity contribution in [2.75, 3.05) is 52.5 Å². The van der Waals surface area contributed by atoms with Crippen molar-refractivity contribution in [3.8, 4) is 17.2 Å². The van der Waals surface area contributed by atoms with Crippen LogP contribution in [0.1, 0.15) is 25.0 Å². The maximum absolute atomic E-state index is 13.3. The molecule has 2 aliphatic rings. The highest BCUT2D eigenvalue weighted by Gasteiger charge is 2.31. The van der Waals surface area contributed by atoms with E-state index in [9.17, 15) is 9.90 Å². The number of likely N-dealkylation sites (N-methyl/N-ethyl adjacent to an activating group) is 1. The lowest BCUT2D eigenvalue weighted by Gasteiger charge is -2.34. The van der Waals surface area contributed by atoms with Gasteiger partial charge in [0.1, 0.15) is 11.9 Å². The van der Waals surface area contributed by atoms with Gasteiger partial charge in [0.15, 0.2) is 11.5 Å². The third kappa shape index (κ3) is 5.82. The first kappa shape index (κ1) is 25.1. The molecule has 0 saturated carbocycles. The standard InChI is InChI=1S/C27H37N3O5/c1-18-13-30(19(2)16-31)27(32)12-21-11-22(28(3)4)7-9-23(21)35-26(18)15-29(5)14-20-6-8-24-25(10-20)34-17-33-24/h6-11,18-19,26,31H,12-17H2,1-5H3/t18-,19+,26-/m1/s1. The molecule has 0 aromatic heterocycles. The van der Waals surface area contributed by atoms with Gasteiger partial charge in [0, 0.05) is 50.9 Å². The zero-order chi connectivity index (χ0) is 25.1. The second-order valence-electron chi connectivity index (χ2n) is 9.96. The number of aliphatic hydroxyl groups is 1. The zero-order valence-corrected chi connectivity index (χ0v) is 21.4. The Morgan fingerprint density at radius 2 is 1.83 bits per heavy atom. The largest absolute Gasteiger partial charge is 0.488 e. The van der Waals surface area contributed by atoms with Gasteiger partial charge in [-0.05, 0) is 49.9 Å². The van der Waals surface area contributed by atoms with E-state index >= 15 is 0 Å². The molecule has 35 heavy (non-hydrogen) atoms. The first-order chi connectivity index (χ1) is 16.7. The summed E-state index contributed by atoms with van der Waals surface area (Å²) in [5.41, 5.74) is 3.02. The molecule has 2 aliphatic heterocycles. The number of carbonyl (C=O) groups excluding carboxylic acids is 1. The van der Waals surface area contributed by atoms with E-state index in [0.717, 1.165) is 40.6 Å². The van der Waals surface area contributed by atoms with Crippen molar-refractivity contribution in [3.63, 3.8) is 0 Å². The van der Waals surface area contributed by atoms with E-state index in [0.29, 0.717) is 13.1 Å². The minimum absolute atomic E-state index is 0.00789. The molecule has 2 aromatic carbocycles. The van der Waals surface area contributed by atoms with Crippen molar-refractivity contribution in [1.82, 2.24) is 9.80 Å². The first-order valence-electron chi connectivity index (χ1n) is 12.2. The molecule has 8 nitrogen and oxygen atoms in total. The van der Waals surface area contributed by atoms with Gasteiger partial charge < -0.3 is 29.1 Å². The van der Waals surface area contributed by atoms with Crippen LogP contribution in [0.15, 0.2) is 36.4 Å². The lowest BCUT2D eigenvalue weighted by molar-refractivity contribution is -0.134. The number of amides is 1. The van der Waals surface area contributed by atoms with Crippen molar-refractivity contribution >= 4 is 11.6 Å². The van der Waals surface area contributed by atoms with Crippen molar-refractivity contribution in [1.29, 1.82) is 0 Å². The molecule has 190 valence electrons. The van der Waals surface area contributed by atoms with E-state index in [4.69, 9.17) is 14.2 Å². The number of aliphatic hydroxyl groups excluding tert-OH is 1. The van der Waals surface area contributed by atoms with Gasteiger partial charge in [0.05, 0.1) is 19.1 Å². The molecule has 4 rings (SSSR count). The molecule has 1 amide bonds. The van der Waals surface area contributed by atoms with Crippen molar-refractivity contribution in [2.45, 2.75) is 39.0 Å². The van der Waals surface area contributed by atoms with Crippen LogP contribution in [0, 0.1) is 5.92 Å². The SMILES string of the molecule is C[C@@H]1CN([C@@H](C)CO)C(=O)Cc2cc(N(C)C)ccc2O[C@@H]1CN(C)Cc1ccc2c(c1)OCO2. The fourth-order valence-corrected chi connectivity index (χ4v) is 4.63. The van der Waals surface area contributed by atoms with Crippen LogP contribution in [-0.4, -0.2) is 80.6 Å². The van der Waals surface area contributed by atoms with Crippen LogP contribution in [0.5, 0.6) is 17.2 Å². The molecule has 2 heterocycles. The fourth-order valence-electron chi connectivity index (χ4n) is 4.63. The number of anilines is 1. The summed E-state index contributed by atoms with van der Waals surface area (Å²) in [7, 11) is 6.04. The molecule has 0 spiro atoms. The predicted molar refractivity (Wildman–Crippen MR) is 135 cm³/mol. The summed E-state index contributed by atoms with van der Waals surface area (Å²) < 4.78 is 17.6. The Morgan fingerprint density at radius 3 is 2.57 bits per heavy atom. The topological polar surface area (TPSA) is 74.7 Å². The Kier molecular flexibility index (Phi) is 7.72. The van der Waals surface area contributed by atoms with Gasteiger partial charge in [-0.3, -0.25) is 9.69 Å². The van der Waals surface area contributed by atoms with E-state index in [2.05, 4.69) is 24.9 Å². The monoisotopic (exact) mass is 483 g/mol. The van der Waals surface area contributed by atoms with E-state index < -0.39 is 0 Å². The fraction of sp³-hybridized carbons (Fsp3) is 0.519. The Labute approximate surface area is 208 Å². The van der Waals surface area contributed by atoms with E-state index in [-0.39, 0.29) is 43.8 Å². The average Bonchev–Trinajstić information content (AvgIpc) is 3.30. The van der Waals surface area contributed by atoms with Gasteiger partial charge >= 0.3 is 0 Å². The van der Waals surface area contributed by atoms with Crippen LogP contribution < -0.4 is 19.1 Å². The highest BCUT2D eigenvalue weighted by Crippen LogP contribution is 2.33. The van der Waals surface area contributed by atoms with Crippen LogP contribution >= 0.6 is 0 Å². The summed E-state index contributed by atoms with van der Waals surface area (Å²) in [5.74, 6) is 2.37. The highest BCUT2D eigenvalue weighted by atomic mass is 16.7. The van der Waals surface area contributed by atoms with Gasteiger partial charge in [-0.25, -0.2) is 0 Å². The second-order valence-corrected chi connectivity index (χ2v) is 9.96. The predicted octanol–water partition coefficient (Wildman–Crippen LogP) is 2.76. The Balaban J connectivity index is 1.57. The Morgan fingerprint density at radius 1 is 1.09 bits per heavy atom. The van der Waals surface area contributed by atoms with Gasteiger partial charge in [-0.15, -0.1) is 0 Å². The molecule has 0 saturated heterocycles. The molecule has 0 radical (unpaired) electrons. The quantitative estimate of drug-likeness (QED) is 0.649. The Bertz CT molecular complexity index is 1040. The molecule has 8 heteroatoms. The number of ether oxygens (including phenoxy) is 3. The van der Waals surface area contributed by atoms with Gasteiger partial charge in [0.2, 0.25) is 12.7 Å². The number of benzene rings is 2. The van der Waals surface area contributed by atoms with Crippen LogP contribution in [0.25, 0.3) is 0 Å². The average molecular weight is 484 g/mol. The number of fused-ring (bicyclic) bond motifs is 2. The molecule has 1 N–H and O–H groups in total. The molecular weight excluding hydrogens is 446 g/mol. The molecule has 2 aromatic rings. The lowest BCUT2D eigenvalue weighted by atomic mass is 10.0. The van der Waals surface area contributed by atoms with Crippen molar-refractivity contribution in [3.05, 3.63) is 47.5 Å². The van der Waals surface area contributed by atoms with Crippen molar-refractivity contribution in [2.24, 2.45) is 5.92 Å². The van der Waals surface area contributed by atoms with E-state index in [1.54, 1.807) is 4.90 Å². The van der Waals surface area contributed by atoms with Gasteiger partial charge in [-0.1, -0.05) is 13.0 Å². The third-order valence-corrected chi connectivity index (χ3v) is 6.80. The number of nitrogens with zero attached hydrogens (tertiary/aromatic N) is 3. The molecule has 0 fully saturated rings. The normalized spacial score (nSPS) is 20.5. The van der Waals surface area contributed by atoms with Crippen LogP contribution in [-0.2, 0) is 17.8 Å². The molecule has 0 aliphatic carbocycles. The minimum atomic E-state index is -0.254. The van der Waals surface area contributed by atoms with Crippen LogP contribution in [0.4, 0.5) is 5.69 Å².